The first-order chi connectivity index (χ1) is 18.4. The molecule has 3 heterocycles. The summed E-state index contributed by atoms with van der Waals surface area (Å²) >= 11 is 0. The van der Waals surface area contributed by atoms with Crippen LogP contribution in [-0.4, -0.2) is 49.4 Å². The highest BCUT2D eigenvalue weighted by Gasteiger charge is 2.28. The van der Waals surface area contributed by atoms with Crippen molar-refractivity contribution in [3.63, 3.8) is 0 Å². The van der Waals surface area contributed by atoms with Gasteiger partial charge in [0.2, 0.25) is 5.91 Å². The number of piperidine rings is 1. The zero-order valence-corrected chi connectivity index (χ0v) is 21.2. The van der Waals surface area contributed by atoms with Crippen molar-refractivity contribution in [2.24, 2.45) is 0 Å². The summed E-state index contributed by atoms with van der Waals surface area (Å²) in [7, 11) is 0. The molecular weight excluding hydrogens is 483 g/mol. The van der Waals surface area contributed by atoms with Gasteiger partial charge in [0.1, 0.15) is 23.7 Å². The van der Waals surface area contributed by atoms with Crippen LogP contribution in [0.5, 0.6) is 0 Å². The number of aromatic nitrogens is 4. The van der Waals surface area contributed by atoms with Gasteiger partial charge in [-0.25, -0.2) is 19.0 Å². The van der Waals surface area contributed by atoms with Gasteiger partial charge in [0.15, 0.2) is 11.4 Å². The van der Waals surface area contributed by atoms with Gasteiger partial charge in [-0.3, -0.25) is 9.59 Å². The van der Waals surface area contributed by atoms with Crippen LogP contribution in [0.15, 0.2) is 61.4 Å². The number of carbonyl (C=O) groups is 2. The number of aryl methyl sites for hydroxylation is 2. The number of benzene rings is 2. The molecule has 2 N–H and O–H groups in total. The lowest BCUT2D eigenvalue weighted by Gasteiger charge is -2.32. The average Bonchev–Trinajstić information content (AvgIpc) is 3.33. The number of fused-ring (bicyclic) bond motifs is 1. The Morgan fingerprint density at radius 1 is 1.18 bits per heavy atom. The molecule has 194 valence electrons. The van der Waals surface area contributed by atoms with Crippen molar-refractivity contribution in [1.29, 1.82) is 0 Å². The fourth-order valence-corrected chi connectivity index (χ4v) is 5.13. The van der Waals surface area contributed by atoms with E-state index in [4.69, 9.17) is 10.8 Å². The quantitative estimate of drug-likeness (QED) is 0.284. The van der Waals surface area contributed by atoms with Crippen molar-refractivity contribution in [2.45, 2.75) is 38.6 Å². The van der Waals surface area contributed by atoms with Gasteiger partial charge in [0, 0.05) is 25.1 Å². The molecule has 38 heavy (non-hydrogen) atoms. The number of likely N-dealkylation sites (tertiary alicyclic amines) is 1. The van der Waals surface area contributed by atoms with Crippen LogP contribution in [0.25, 0.3) is 22.3 Å². The van der Waals surface area contributed by atoms with E-state index in [1.807, 2.05) is 28.9 Å². The molecule has 1 aliphatic heterocycles. The highest BCUT2D eigenvalue weighted by atomic mass is 19.1. The van der Waals surface area contributed by atoms with E-state index >= 15 is 0 Å². The smallest absolute Gasteiger partial charge is 0.246 e. The molecule has 2 aromatic heterocycles. The summed E-state index contributed by atoms with van der Waals surface area (Å²) in [6.45, 7) is 6.55. The number of nitrogens with two attached hydrogens (primary N) is 1. The van der Waals surface area contributed by atoms with Crippen LogP contribution in [-0.2, 0) is 11.2 Å². The monoisotopic (exact) mass is 512 g/mol. The maximum atomic E-state index is 14.2. The second-order valence-electron chi connectivity index (χ2n) is 9.59. The van der Waals surface area contributed by atoms with Crippen LogP contribution in [0, 0.1) is 12.7 Å². The molecule has 9 heteroatoms. The number of ketones is 1. The number of carbonyl (C=O) groups excluding carboxylic acids is 2. The number of rotatable bonds is 7. The zero-order valence-electron chi connectivity index (χ0n) is 21.2. The largest absolute Gasteiger partial charge is 0.383 e. The van der Waals surface area contributed by atoms with Gasteiger partial charge in [0.05, 0.1) is 17.0 Å². The van der Waals surface area contributed by atoms with Crippen LogP contribution < -0.4 is 5.73 Å². The Balaban J connectivity index is 1.40. The molecule has 5 rings (SSSR count). The summed E-state index contributed by atoms with van der Waals surface area (Å²) in [6.07, 6.45) is 5.16. The molecule has 2 aromatic carbocycles. The van der Waals surface area contributed by atoms with E-state index in [1.165, 1.54) is 18.5 Å². The Hall–Kier alpha value is -4.40. The van der Waals surface area contributed by atoms with E-state index in [0.29, 0.717) is 47.6 Å². The van der Waals surface area contributed by atoms with E-state index in [2.05, 4.69) is 16.5 Å². The Morgan fingerprint density at radius 2 is 1.97 bits per heavy atom. The summed E-state index contributed by atoms with van der Waals surface area (Å²) in [5, 5.41) is 5.57. The maximum Gasteiger partial charge on any atom is 0.246 e. The van der Waals surface area contributed by atoms with Crippen molar-refractivity contribution in [3.8, 4) is 11.3 Å². The third kappa shape index (κ3) is 4.79. The standard InChI is InChI=1S/C29H29FN6O2/c1-3-24(38)35-15-5-7-21(16-35)36-29-26(28(31)32-17-33-29)27(34-36)20-12-9-19(10-13-20)11-14-23(37)25-18(2)6-4-8-22(25)30/h3-4,6,8-10,12-13,17,21H,1,5,7,11,14-16H2,2H3,(H2,31,32,33). The van der Waals surface area contributed by atoms with Gasteiger partial charge in [0.25, 0.3) is 0 Å². The lowest BCUT2D eigenvalue weighted by molar-refractivity contribution is -0.127. The summed E-state index contributed by atoms with van der Waals surface area (Å²) < 4.78 is 16.0. The van der Waals surface area contributed by atoms with Gasteiger partial charge in [-0.15, -0.1) is 0 Å². The summed E-state index contributed by atoms with van der Waals surface area (Å²) in [6, 6.07) is 12.4. The van der Waals surface area contributed by atoms with Gasteiger partial charge in [-0.2, -0.15) is 5.10 Å². The van der Waals surface area contributed by atoms with Crippen LogP contribution in [0.3, 0.4) is 0 Å². The van der Waals surface area contributed by atoms with Crippen LogP contribution in [0.1, 0.15) is 46.8 Å². The van der Waals surface area contributed by atoms with E-state index < -0.39 is 5.82 Å². The van der Waals surface area contributed by atoms with Crippen LogP contribution in [0.4, 0.5) is 10.2 Å². The Kier molecular flexibility index (Phi) is 7.00. The molecule has 0 bridgehead atoms. The number of amides is 1. The van der Waals surface area contributed by atoms with Crippen molar-refractivity contribution in [3.05, 3.63) is 84.0 Å². The molecule has 1 saturated heterocycles. The number of Topliss-reactive ketones (excluding diaryl/α,β-unsaturated/α-hetero) is 1. The predicted octanol–water partition coefficient (Wildman–Crippen LogP) is 4.69. The zero-order chi connectivity index (χ0) is 26.8. The second kappa shape index (κ2) is 10.5. The van der Waals surface area contributed by atoms with Crippen molar-refractivity contribution in [2.75, 3.05) is 18.8 Å². The molecule has 1 fully saturated rings. The third-order valence-electron chi connectivity index (χ3n) is 7.12. The van der Waals surface area contributed by atoms with Crippen molar-refractivity contribution in [1.82, 2.24) is 24.6 Å². The van der Waals surface area contributed by atoms with E-state index in [1.54, 1.807) is 24.0 Å². The van der Waals surface area contributed by atoms with Gasteiger partial charge in [-0.1, -0.05) is 43.0 Å². The molecule has 0 spiro atoms. The van der Waals surface area contributed by atoms with Crippen molar-refractivity contribution < 1.29 is 14.0 Å². The number of nitrogens with zero attached hydrogens (tertiary/aromatic N) is 5. The number of anilines is 1. The van der Waals surface area contributed by atoms with Crippen LogP contribution >= 0.6 is 0 Å². The summed E-state index contributed by atoms with van der Waals surface area (Å²) in [5.74, 6) is -0.459. The van der Waals surface area contributed by atoms with E-state index in [9.17, 15) is 14.0 Å². The highest BCUT2D eigenvalue weighted by Crippen LogP contribution is 2.34. The number of halogens is 1. The Labute approximate surface area is 220 Å². The molecule has 0 saturated carbocycles. The number of hydrogen-bond donors (Lipinski definition) is 1. The fraction of sp³-hybridized carbons (Fsp3) is 0.276. The van der Waals surface area contributed by atoms with Crippen LogP contribution in [0.2, 0.25) is 0 Å². The minimum atomic E-state index is -0.484. The molecule has 0 radical (unpaired) electrons. The first-order valence-corrected chi connectivity index (χ1v) is 12.6. The third-order valence-corrected chi connectivity index (χ3v) is 7.12. The number of hydrogen-bond acceptors (Lipinski definition) is 6. The van der Waals surface area contributed by atoms with Gasteiger partial charge in [-0.05, 0) is 49.5 Å². The topological polar surface area (TPSA) is 107 Å². The molecule has 8 nitrogen and oxygen atoms in total. The molecule has 0 aliphatic carbocycles. The lowest BCUT2D eigenvalue weighted by atomic mass is 9.98. The highest BCUT2D eigenvalue weighted by molar-refractivity contribution is 5.99. The molecule has 1 aliphatic rings. The van der Waals surface area contributed by atoms with Gasteiger partial charge < -0.3 is 10.6 Å². The lowest BCUT2D eigenvalue weighted by Crippen LogP contribution is -2.40. The first-order valence-electron chi connectivity index (χ1n) is 12.6. The van der Waals surface area contributed by atoms with Gasteiger partial charge >= 0.3 is 0 Å². The Bertz CT molecular complexity index is 1510. The Morgan fingerprint density at radius 3 is 2.71 bits per heavy atom. The SMILES string of the molecule is C=CC(=O)N1CCCC(n2nc(-c3ccc(CCC(=O)c4c(C)cccc4F)cc3)c3c(N)ncnc32)C1. The van der Waals surface area contributed by atoms with Crippen molar-refractivity contribution >= 4 is 28.5 Å². The van der Waals surface area contributed by atoms with E-state index in [-0.39, 0.29) is 29.7 Å². The summed E-state index contributed by atoms with van der Waals surface area (Å²) in [5.41, 5.74) is 10.2. The minimum Gasteiger partial charge on any atom is -0.383 e. The fourth-order valence-electron chi connectivity index (χ4n) is 5.13. The molecule has 1 amide bonds. The molecule has 4 aromatic rings. The molecule has 1 unspecified atom stereocenters. The average molecular weight is 513 g/mol. The normalized spacial score (nSPS) is 15.5. The predicted molar refractivity (Wildman–Crippen MR) is 144 cm³/mol. The molecule has 1 atom stereocenters. The minimum absolute atomic E-state index is 0.0506. The first kappa shape index (κ1) is 25.3. The van der Waals surface area contributed by atoms with E-state index in [0.717, 1.165) is 24.0 Å². The number of nitrogen functional groups attached to an aromatic ring is 1. The maximum absolute atomic E-state index is 14.2. The molecular formula is C29H29FN6O2. The summed E-state index contributed by atoms with van der Waals surface area (Å²) in [4.78, 5) is 35.3. The second-order valence-corrected chi connectivity index (χ2v) is 9.59.